The smallest absolute Gasteiger partial charge is 0.159 e. The van der Waals surface area contributed by atoms with Crippen LogP contribution >= 0.6 is 15.9 Å². The van der Waals surface area contributed by atoms with Crippen molar-refractivity contribution in [2.75, 3.05) is 16.4 Å². The summed E-state index contributed by atoms with van der Waals surface area (Å²) < 4.78 is 0.980. The predicted molar refractivity (Wildman–Crippen MR) is 103 cm³/mol. The number of anilines is 5. The van der Waals surface area contributed by atoms with Crippen LogP contribution < -0.4 is 16.4 Å². The molecule has 0 bridgehead atoms. The van der Waals surface area contributed by atoms with Crippen LogP contribution in [0.25, 0.3) is 0 Å². The first kappa shape index (κ1) is 16.3. The van der Waals surface area contributed by atoms with Crippen LogP contribution in [0.1, 0.15) is 11.1 Å². The van der Waals surface area contributed by atoms with Crippen LogP contribution in [0.4, 0.5) is 28.7 Å². The highest BCUT2D eigenvalue weighted by Crippen LogP contribution is 2.29. The van der Waals surface area contributed by atoms with Crippen LogP contribution in [-0.2, 0) is 0 Å². The number of hydrogen-bond donors (Lipinski definition) is 3. The van der Waals surface area contributed by atoms with E-state index >= 15 is 0 Å². The van der Waals surface area contributed by atoms with Crippen molar-refractivity contribution >= 4 is 44.6 Å². The van der Waals surface area contributed by atoms with Crippen LogP contribution in [0.15, 0.2) is 53.3 Å². The van der Waals surface area contributed by atoms with Crippen molar-refractivity contribution < 1.29 is 0 Å². The van der Waals surface area contributed by atoms with E-state index in [1.54, 1.807) is 0 Å². The maximum Gasteiger partial charge on any atom is 0.159 e. The van der Waals surface area contributed by atoms with Gasteiger partial charge in [0.15, 0.2) is 11.6 Å². The fourth-order valence-corrected chi connectivity index (χ4v) is 2.88. The van der Waals surface area contributed by atoms with Gasteiger partial charge in [0.25, 0.3) is 0 Å². The van der Waals surface area contributed by atoms with Gasteiger partial charge in [0.2, 0.25) is 0 Å². The zero-order valence-corrected chi connectivity index (χ0v) is 15.1. The van der Waals surface area contributed by atoms with Gasteiger partial charge in [-0.1, -0.05) is 28.1 Å². The van der Waals surface area contributed by atoms with Gasteiger partial charge in [-0.25, -0.2) is 9.97 Å². The predicted octanol–water partition coefficient (Wildman–Crippen LogP) is 4.93. The summed E-state index contributed by atoms with van der Waals surface area (Å²) >= 11 is 3.45. The van der Waals surface area contributed by atoms with E-state index in [1.807, 2.05) is 24.3 Å². The molecule has 0 saturated carbocycles. The molecule has 6 heteroatoms. The summed E-state index contributed by atoms with van der Waals surface area (Å²) in [6.07, 6.45) is 1.49. The number of halogens is 1. The maximum atomic E-state index is 6.23. The van der Waals surface area contributed by atoms with Gasteiger partial charge in [-0.05, 0) is 55.3 Å². The van der Waals surface area contributed by atoms with Crippen LogP contribution in [0.3, 0.4) is 0 Å². The van der Waals surface area contributed by atoms with Gasteiger partial charge in [-0.2, -0.15) is 0 Å². The number of nitrogens with zero attached hydrogens (tertiary/aromatic N) is 2. The van der Waals surface area contributed by atoms with Gasteiger partial charge in [0.05, 0.1) is 0 Å². The highest BCUT2D eigenvalue weighted by molar-refractivity contribution is 9.10. The summed E-state index contributed by atoms with van der Waals surface area (Å²) in [7, 11) is 0. The number of nitrogens with one attached hydrogen (secondary N) is 2. The molecular weight excluding hydrogens is 366 g/mol. The molecule has 122 valence electrons. The van der Waals surface area contributed by atoms with Crippen LogP contribution in [0.2, 0.25) is 0 Å². The van der Waals surface area contributed by atoms with E-state index in [9.17, 15) is 0 Å². The highest BCUT2D eigenvalue weighted by atomic mass is 79.9. The third kappa shape index (κ3) is 3.83. The third-order valence-corrected chi connectivity index (χ3v) is 3.95. The number of nitrogens with two attached hydrogens (primary N) is 1. The summed E-state index contributed by atoms with van der Waals surface area (Å²) in [5.74, 6) is 1.14. The second-order valence-electron chi connectivity index (χ2n) is 5.62. The standard InChI is InChI=1S/C18H18BrN5/c1-11-6-12(2)8-15(7-11)24-18-16(20)17(21-10-22-18)23-14-5-3-4-13(19)9-14/h3-10H,20H2,1-2H3,(H2,21,22,23,24). The van der Waals surface area contributed by atoms with Gasteiger partial charge in [-0.15, -0.1) is 0 Å². The molecule has 4 N–H and O–H groups in total. The lowest BCUT2D eigenvalue weighted by molar-refractivity contribution is 1.17. The summed E-state index contributed by atoms with van der Waals surface area (Å²) in [6, 6.07) is 14.0. The SMILES string of the molecule is Cc1cc(C)cc(Nc2ncnc(Nc3cccc(Br)c3)c2N)c1. The minimum atomic E-state index is 0.469. The first-order chi connectivity index (χ1) is 11.5. The molecule has 0 aliphatic carbocycles. The van der Waals surface area contributed by atoms with Crippen molar-refractivity contribution in [2.45, 2.75) is 13.8 Å². The van der Waals surface area contributed by atoms with E-state index in [1.165, 1.54) is 17.5 Å². The molecule has 3 aromatic rings. The number of rotatable bonds is 4. The van der Waals surface area contributed by atoms with E-state index in [-0.39, 0.29) is 0 Å². The zero-order chi connectivity index (χ0) is 17.1. The van der Waals surface area contributed by atoms with E-state index in [4.69, 9.17) is 5.73 Å². The minimum absolute atomic E-state index is 0.469. The van der Waals surface area contributed by atoms with Crippen molar-refractivity contribution in [1.29, 1.82) is 0 Å². The van der Waals surface area contributed by atoms with Gasteiger partial charge in [0.1, 0.15) is 12.0 Å². The molecule has 0 radical (unpaired) electrons. The Hall–Kier alpha value is -2.60. The Morgan fingerprint density at radius 1 is 0.875 bits per heavy atom. The average molecular weight is 384 g/mol. The first-order valence-electron chi connectivity index (χ1n) is 7.49. The number of hydrogen-bond acceptors (Lipinski definition) is 5. The van der Waals surface area contributed by atoms with E-state index in [0.717, 1.165) is 15.8 Å². The summed E-state index contributed by atoms with van der Waals surface area (Å²) in [5.41, 5.74) is 10.9. The van der Waals surface area contributed by atoms with E-state index in [0.29, 0.717) is 17.3 Å². The quantitative estimate of drug-likeness (QED) is 0.595. The normalized spacial score (nSPS) is 10.5. The van der Waals surface area contributed by atoms with Gasteiger partial charge < -0.3 is 16.4 Å². The summed E-state index contributed by atoms with van der Waals surface area (Å²) in [4.78, 5) is 8.49. The highest BCUT2D eigenvalue weighted by Gasteiger charge is 2.09. The molecule has 0 saturated heterocycles. The molecule has 0 atom stereocenters. The van der Waals surface area contributed by atoms with Crippen molar-refractivity contribution in [3.8, 4) is 0 Å². The van der Waals surface area contributed by atoms with E-state index < -0.39 is 0 Å². The molecule has 2 aromatic carbocycles. The van der Waals surface area contributed by atoms with Gasteiger partial charge in [0, 0.05) is 15.8 Å². The number of aromatic nitrogens is 2. The van der Waals surface area contributed by atoms with Crippen molar-refractivity contribution in [3.05, 3.63) is 64.4 Å². The summed E-state index contributed by atoms with van der Waals surface area (Å²) in [5, 5.41) is 6.48. The number of aryl methyl sites for hydroxylation is 2. The Kier molecular flexibility index (Phi) is 4.66. The molecule has 0 spiro atoms. The molecule has 0 amide bonds. The van der Waals surface area contributed by atoms with Crippen LogP contribution in [0, 0.1) is 13.8 Å². The van der Waals surface area contributed by atoms with Crippen LogP contribution in [-0.4, -0.2) is 9.97 Å². The molecule has 0 aliphatic heterocycles. The molecule has 0 aliphatic rings. The lowest BCUT2D eigenvalue weighted by atomic mass is 10.1. The third-order valence-electron chi connectivity index (χ3n) is 3.46. The molecule has 3 rings (SSSR count). The Morgan fingerprint density at radius 2 is 1.50 bits per heavy atom. The molecular formula is C18H18BrN5. The first-order valence-corrected chi connectivity index (χ1v) is 8.29. The van der Waals surface area contributed by atoms with Crippen molar-refractivity contribution in [3.63, 3.8) is 0 Å². The topological polar surface area (TPSA) is 75.9 Å². The number of nitrogen functional groups attached to an aromatic ring is 1. The fourth-order valence-electron chi connectivity index (χ4n) is 2.48. The molecule has 1 aromatic heterocycles. The fraction of sp³-hybridized carbons (Fsp3) is 0.111. The second-order valence-corrected chi connectivity index (χ2v) is 6.54. The average Bonchev–Trinajstić information content (AvgIpc) is 2.50. The lowest BCUT2D eigenvalue weighted by Crippen LogP contribution is -2.05. The monoisotopic (exact) mass is 383 g/mol. The summed E-state index contributed by atoms with van der Waals surface area (Å²) in [6.45, 7) is 4.11. The largest absolute Gasteiger partial charge is 0.393 e. The molecule has 1 heterocycles. The Labute approximate surface area is 149 Å². The van der Waals surface area contributed by atoms with Crippen molar-refractivity contribution in [1.82, 2.24) is 9.97 Å². The molecule has 5 nitrogen and oxygen atoms in total. The number of benzene rings is 2. The van der Waals surface area contributed by atoms with Gasteiger partial charge >= 0.3 is 0 Å². The van der Waals surface area contributed by atoms with Gasteiger partial charge in [-0.3, -0.25) is 0 Å². The zero-order valence-electron chi connectivity index (χ0n) is 13.5. The molecule has 0 unspecified atom stereocenters. The van der Waals surface area contributed by atoms with E-state index in [2.05, 4.69) is 68.6 Å². The van der Waals surface area contributed by atoms with Crippen molar-refractivity contribution in [2.24, 2.45) is 0 Å². The second kappa shape index (κ2) is 6.88. The Balaban J connectivity index is 1.88. The Bertz CT molecular complexity index is 859. The minimum Gasteiger partial charge on any atom is -0.393 e. The molecule has 0 fully saturated rings. The van der Waals surface area contributed by atoms with Crippen LogP contribution in [0.5, 0.6) is 0 Å². The molecule has 24 heavy (non-hydrogen) atoms. The Morgan fingerprint density at radius 3 is 2.12 bits per heavy atom. The maximum absolute atomic E-state index is 6.23. The lowest BCUT2D eigenvalue weighted by Gasteiger charge is -2.13.